The number of hydrogen-bond donors (Lipinski definition) is 1. The molecule has 1 aromatic carbocycles. The summed E-state index contributed by atoms with van der Waals surface area (Å²) in [6.45, 7) is 2.75. The Bertz CT molecular complexity index is 386. The van der Waals surface area contributed by atoms with Crippen LogP contribution in [0.4, 0.5) is 4.79 Å². The molecule has 1 heterocycles. The average molecular weight is 233 g/mol. The van der Waals surface area contributed by atoms with Gasteiger partial charge in [0.15, 0.2) is 0 Å². The summed E-state index contributed by atoms with van der Waals surface area (Å²) in [7, 11) is 0. The molecular weight excluding hydrogens is 214 g/mol. The first-order valence-electron chi connectivity index (χ1n) is 6.22. The van der Waals surface area contributed by atoms with E-state index in [1.807, 2.05) is 0 Å². The van der Waals surface area contributed by atoms with Gasteiger partial charge in [-0.3, -0.25) is 0 Å². The molecule has 0 saturated carbocycles. The molecule has 1 saturated heterocycles. The van der Waals surface area contributed by atoms with Crippen molar-refractivity contribution in [2.45, 2.75) is 38.6 Å². The number of amides is 1. The first kappa shape index (κ1) is 12.0. The largest absolute Gasteiger partial charge is 0.465 e. The van der Waals surface area contributed by atoms with Crippen LogP contribution in [0.5, 0.6) is 0 Å². The Morgan fingerprint density at radius 3 is 2.71 bits per heavy atom. The fourth-order valence-corrected chi connectivity index (χ4v) is 2.46. The summed E-state index contributed by atoms with van der Waals surface area (Å²) in [6.07, 6.45) is 3.19. The predicted octanol–water partition coefficient (Wildman–Crippen LogP) is 3.07. The van der Waals surface area contributed by atoms with E-state index in [0.29, 0.717) is 6.54 Å². The molecule has 1 aliphatic heterocycles. The summed E-state index contributed by atoms with van der Waals surface area (Å²) in [5.74, 6) is 0. The molecule has 0 aliphatic carbocycles. The van der Waals surface area contributed by atoms with Crippen molar-refractivity contribution in [1.82, 2.24) is 4.90 Å². The van der Waals surface area contributed by atoms with Crippen LogP contribution in [-0.2, 0) is 6.42 Å². The Morgan fingerprint density at radius 1 is 1.35 bits per heavy atom. The van der Waals surface area contributed by atoms with Gasteiger partial charge in [-0.2, -0.15) is 0 Å². The molecule has 3 heteroatoms. The topological polar surface area (TPSA) is 40.5 Å². The van der Waals surface area contributed by atoms with Crippen molar-refractivity contribution < 1.29 is 9.90 Å². The van der Waals surface area contributed by atoms with Crippen molar-refractivity contribution in [1.29, 1.82) is 0 Å². The number of likely N-dealkylation sites (tertiary alicyclic amines) is 1. The van der Waals surface area contributed by atoms with Crippen LogP contribution in [0.2, 0.25) is 0 Å². The maximum absolute atomic E-state index is 11.1. The molecular formula is C14H19NO2. The van der Waals surface area contributed by atoms with Crippen LogP contribution in [0.1, 0.15) is 30.4 Å². The molecule has 2 rings (SSSR count). The van der Waals surface area contributed by atoms with E-state index in [-0.39, 0.29) is 6.04 Å². The molecule has 1 atom stereocenters. The number of rotatable bonds is 2. The summed E-state index contributed by atoms with van der Waals surface area (Å²) >= 11 is 0. The monoisotopic (exact) mass is 233 g/mol. The van der Waals surface area contributed by atoms with E-state index in [0.717, 1.165) is 25.7 Å². The van der Waals surface area contributed by atoms with E-state index in [2.05, 4.69) is 31.2 Å². The van der Waals surface area contributed by atoms with Crippen molar-refractivity contribution in [3.63, 3.8) is 0 Å². The molecule has 1 aliphatic rings. The van der Waals surface area contributed by atoms with Crippen LogP contribution >= 0.6 is 0 Å². The summed E-state index contributed by atoms with van der Waals surface area (Å²) in [4.78, 5) is 12.7. The third-order valence-corrected chi connectivity index (χ3v) is 3.46. The highest BCUT2D eigenvalue weighted by atomic mass is 16.4. The SMILES string of the molecule is Cc1ccc(CC2CCCCN2C(=O)O)cc1. The van der Waals surface area contributed by atoms with Crippen LogP contribution < -0.4 is 0 Å². The highest BCUT2D eigenvalue weighted by Gasteiger charge is 2.26. The smallest absolute Gasteiger partial charge is 0.407 e. The summed E-state index contributed by atoms with van der Waals surface area (Å²) in [5.41, 5.74) is 2.47. The second-order valence-electron chi connectivity index (χ2n) is 4.82. The maximum Gasteiger partial charge on any atom is 0.407 e. The predicted molar refractivity (Wildman–Crippen MR) is 67.3 cm³/mol. The number of carbonyl (C=O) groups is 1. The first-order chi connectivity index (χ1) is 8.16. The van der Waals surface area contributed by atoms with Crippen molar-refractivity contribution in [3.05, 3.63) is 35.4 Å². The number of hydrogen-bond acceptors (Lipinski definition) is 1. The fraction of sp³-hybridized carbons (Fsp3) is 0.500. The molecule has 0 bridgehead atoms. The third-order valence-electron chi connectivity index (χ3n) is 3.46. The standard InChI is InChI=1S/C14H19NO2/c1-11-5-7-12(8-6-11)10-13-4-2-3-9-15(13)14(16)17/h5-8,13H,2-4,9-10H2,1H3,(H,16,17). The highest BCUT2D eigenvalue weighted by molar-refractivity contribution is 5.65. The molecule has 0 spiro atoms. The number of aryl methyl sites for hydroxylation is 1. The first-order valence-corrected chi connectivity index (χ1v) is 6.22. The van der Waals surface area contributed by atoms with Gasteiger partial charge in [0, 0.05) is 12.6 Å². The normalized spacial score (nSPS) is 20.3. The van der Waals surface area contributed by atoms with Gasteiger partial charge in [0.25, 0.3) is 0 Å². The number of carboxylic acid groups (broad SMARTS) is 1. The van der Waals surface area contributed by atoms with Gasteiger partial charge in [-0.05, 0) is 38.2 Å². The van der Waals surface area contributed by atoms with Crippen molar-refractivity contribution in [2.75, 3.05) is 6.54 Å². The van der Waals surface area contributed by atoms with Crippen LogP contribution in [-0.4, -0.2) is 28.7 Å². The van der Waals surface area contributed by atoms with Gasteiger partial charge in [-0.25, -0.2) is 4.79 Å². The minimum atomic E-state index is -0.776. The molecule has 1 N–H and O–H groups in total. The Morgan fingerprint density at radius 2 is 2.06 bits per heavy atom. The molecule has 1 amide bonds. The summed E-state index contributed by atoms with van der Waals surface area (Å²) < 4.78 is 0. The number of nitrogens with zero attached hydrogens (tertiary/aromatic N) is 1. The fourth-order valence-electron chi connectivity index (χ4n) is 2.46. The van der Waals surface area contributed by atoms with E-state index >= 15 is 0 Å². The molecule has 17 heavy (non-hydrogen) atoms. The van der Waals surface area contributed by atoms with Crippen LogP contribution in [0.3, 0.4) is 0 Å². The lowest BCUT2D eigenvalue weighted by Gasteiger charge is -2.33. The van der Waals surface area contributed by atoms with E-state index < -0.39 is 6.09 Å². The van der Waals surface area contributed by atoms with Gasteiger partial charge >= 0.3 is 6.09 Å². The summed E-state index contributed by atoms with van der Waals surface area (Å²) in [5, 5.41) is 9.16. The molecule has 0 radical (unpaired) electrons. The number of benzene rings is 1. The molecule has 1 fully saturated rings. The van der Waals surface area contributed by atoms with E-state index in [4.69, 9.17) is 5.11 Å². The lowest BCUT2D eigenvalue weighted by atomic mass is 9.95. The van der Waals surface area contributed by atoms with Gasteiger partial charge < -0.3 is 10.0 Å². The Balaban J connectivity index is 2.05. The third kappa shape index (κ3) is 2.99. The average Bonchev–Trinajstić information content (AvgIpc) is 2.32. The van der Waals surface area contributed by atoms with E-state index in [1.54, 1.807) is 4.90 Å². The molecule has 92 valence electrons. The second-order valence-corrected chi connectivity index (χ2v) is 4.82. The maximum atomic E-state index is 11.1. The summed E-state index contributed by atoms with van der Waals surface area (Å²) in [6, 6.07) is 8.53. The minimum Gasteiger partial charge on any atom is -0.465 e. The lowest BCUT2D eigenvalue weighted by molar-refractivity contribution is 0.106. The Labute approximate surface area is 102 Å². The number of piperidine rings is 1. The zero-order chi connectivity index (χ0) is 12.3. The van der Waals surface area contributed by atoms with Gasteiger partial charge in [0.1, 0.15) is 0 Å². The van der Waals surface area contributed by atoms with Gasteiger partial charge in [0.05, 0.1) is 0 Å². The van der Waals surface area contributed by atoms with Crippen LogP contribution in [0, 0.1) is 6.92 Å². The molecule has 1 aromatic rings. The van der Waals surface area contributed by atoms with Crippen LogP contribution in [0.15, 0.2) is 24.3 Å². The van der Waals surface area contributed by atoms with Crippen molar-refractivity contribution >= 4 is 6.09 Å². The Kier molecular flexibility index (Phi) is 3.67. The van der Waals surface area contributed by atoms with Gasteiger partial charge in [-0.15, -0.1) is 0 Å². The molecule has 1 unspecified atom stereocenters. The molecule has 0 aromatic heterocycles. The lowest BCUT2D eigenvalue weighted by Crippen LogP contribution is -2.44. The zero-order valence-corrected chi connectivity index (χ0v) is 10.2. The zero-order valence-electron chi connectivity index (χ0n) is 10.2. The van der Waals surface area contributed by atoms with Gasteiger partial charge in [-0.1, -0.05) is 29.8 Å². The van der Waals surface area contributed by atoms with Gasteiger partial charge in [0.2, 0.25) is 0 Å². The minimum absolute atomic E-state index is 0.156. The van der Waals surface area contributed by atoms with E-state index in [1.165, 1.54) is 11.1 Å². The van der Waals surface area contributed by atoms with Crippen molar-refractivity contribution in [3.8, 4) is 0 Å². The quantitative estimate of drug-likeness (QED) is 0.852. The van der Waals surface area contributed by atoms with Crippen molar-refractivity contribution in [2.24, 2.45) is 0 Å². The Hall–Kier alpha value is -1.51. The second kappa shape index (κ2) is 5.21. The van der Waals surface area contributed by atoms with Crippen LogP contribution in [0.25, 0.3) is 0 Å². The molecule has 3 nitrogen and oxygen atoms in total. The van der Waals surface area contributed by atoms with E-state index in [9.17, 15) is 4.79 Å². The highest BCUT2D eigenvalue weighted by Crippen LogP contribution is 2.21.